The molecule has 45 heavy (non-hydrogen) atoms. The molecule has 0 aliphatic carbocycles. The standard InChI is InChI=1S/C37H43Cl2NO5/c1-36(2,3)25-13-16-28-32(20-25)45-37(4,5)30-21-29(31(44-34(28)30)19-24-8-6-9-27(39)18-24)35(43)40(17-7-10-33(41)42)22-23-11-14-26(38)15-12-23/h6,8-9,11-16,18,20,29-31,34H,7,10,17,19,21-22H2,1-5H3,(H,41,42)/t29-,30-,31-,34+/m1/s1. The molecular weight excluding hydrogens is 609 g/mol. The van der Waals surface area contributed by atoms with Crippen LogP contribution in [0.5, 0.6) is 5.75 Å². The number of benzene rings is 3. The summed E-state index contributed by atoms with van der Waals surface area (Å²) in [6.45, 7) is 11.4. The number of hydrogen-bond acceptors (Lipinski definition) is 4. The largest absolute Gasteiger partial charge is 0.487 e. The highest BCUT2D eigenvalue weighted by molar-refractivity contribution is 6.30. The Kier molecular flexibility index (Phi) is 9.88. The molecule has 2 heterocycles. The summed E-state index contributed by atoms with van der Waals surface area (Å²) in [4.78, 5) is 27.8. The van der Waals surface area contributed by atoms with E-state index in [1.165, 1.54) is 5.56 Å². The Balaban J connectivity index is 1.51. The summed E-state index contributed by atoms with van der Waals surface area (Å²) in [6.07, 6.45) is 0.747. The molecule has 1 fully saturated rings. The molecule has 240 valence electrons. The molecule has 0 spiro atoms. The molecule has 1 amide bonds. The van der Waals surface area contributed by atoms with E-state index < -0.39 is 23.6 Å². The second-order valence-corrected chi connectivity index (χ2v) is 14.8. The van der Waals surface area contributed by atoms with Gasteiger partial charge in [-0.3, -0.25) is 9.59 Å². The molecule has 2 aliphatic heterocycles. The van der Waals surface area contributed by atoms with Crippen LogP contribution in [0.4, 0.5) is 0 Å². The van der Waals surface area contributed by atoms with E-state index in [-0.39, 0.29) is 29.8 Å². The molecule has 6 nitrogen and oxygen atoms in total. The predicted octanol–water partition coefficient (Wildman–Crippen LogP) is 8.66. The number of carbonyl (C=O) groups excluding carboxylic acids is 1. The highest BCUT2D eigenvalue weighted by atomic mass is 35.5. The highest BCUT2D eigenvalue weighted by Crippen LogP contribution is 2.53. The smallest absolute Gasteiger partial charge is 0.303 e. The number of amides is 1. The fraction of sp³-hybridized carbons (Fsp3) is 0.459. The third-order valence-corrected chi connectivity index (χ3v) is 9.64. The first-order chi connectivity index (χ1) is 21.2. The van der Waals surface area contributed by atoms with Crippen molar-refractivity contribution in [3.8, 4) is 5.75 Å². The number of ether oxygens (including phenoxy) is 2. The molecule has 0 aromatic heterocycles. The van der Waals surface area contributed by atoms with Crippen molar-refractivity contribution in [3.63, 3.8) is 0 Å². The van der Waals surface area contributed by atoms with Gasteiger partial charge in [-0.05, 0) is 85.5 Å². The number of carbonyl (C=O) groups is 2. The van der Waals surface area contributed by atoms with E-state index in [2.05, 4.69) is 52.8 Å². The molecule has 1 saturated heterocycles. The van der Waals surface area contributed by atoms with Gasteiger partial charge in [0.25, 0.3) is 0 Å². The first kappa shape index (κ1) is 33.3. The summed E-state index contributed by atoms with van der Waals surface area (Å²) in [5.41, 5.74) is 3.50. The van der Waals surface area contributed by atoms with Gasteiger partial charge in [-0.2, -0.15) is 0 Å². The van der Waals surface area contributed by atoms with Gasteiger partial charge < -0.3 is 19.5 Å². The molecule has 2 aliphatic rings. The van der Waals surface area contributed by atoms with E-state index in [4.69, 9.17) is 32.7 Å². The Labute approximate surface area is 276 Å². The lowest BCUT2D eigenvalue weighted by Crippen LogP contribution is -2.54. The van der Waals surface area contributed by atoms with Crippen LogP contribution in [0.2, 0.25) is 10.0 Å². The number of nitrogens with zero attached hydrogens (tertiary/aromatic N) is 1. The van der Waals surface area contributed by atoms with Crippen molar-refractivity contribution in [2.75, 3.05) is 6.54 Å². The summed E-state index contributed by atoms with van der Waals surface area (Å²) in [5, 5.41) is 10.6. The van der Waals surface area contributed by atoms with Crippen LogP contribution in [0.3, 0.4) is 0 Å². The van der Waals surface area contributed by atoms with Crippen molar-refractivity contribution in [1.82, 2.24) is 4.90 Å². The monoisotopic (exact) mass is 651 g/mol. The molecule has 5 rings (SSSR count). The highest BCUT2D eigenvalue weighted by Gasteiger charge is 2.52. The van der Waals surface area contributed by atoms with Crippen molar-refractivity contribution in [2.45, 2.75) is 90.1 Å². The number of fused-ring (bicyclic) bond motifs is 3. The Morgan fingerprint density at radius 3 is 2.38 bits per heavy atom. The van der Waals surface area contributed by atoms with Crippen LogP contribution in [-0.4, -0.2) is 40.1 Å². The van der Waals surface area contributed by atoms with Gasteiger partial charge >= 0.3 is 5.97 Å². The summed E-state index contributed by atoms with van der Waals surface area (Å²) >= 11 is 12.5. The predicted molar refractivity (Wildman–Crippen MR) is 178 cm³/mol. The Bertz CT molecular complexity index is 1530. The zero-order chi connectivity index (χ0) is 32.5. The SMILES string of the molecule is CC(C)(C)c1ccc2c(c1)OC(C)(C)[C@@H]1C[C@@H](C(=O)N(CCCC(=O)O)Cc3ccc(Cl)cc3)[C@@H](Cc3cccc(Cl)c3)O[C@@H]21. The van der Waals surface area contributed by atoms with Crippen molar-refractivity contribution >= 4 is 35.1 Å². The lowest BCUT2D eigenvalue weighted by Gasteiger charge is -2.51. The number of hydrogen-bond donors (Lipinski definition) is 1. The van der Waals surface area contributed by atoms with Crippen molar-refractivity contribution in [1.29, 1.82) is 0 Å². The van der Waals surface area contributed by atoms with Crippen molar-refractivity contribution in [2.24, 2.45) is 11.8 Å². The van der Waals surface area contributed by atoms with E-state index in [0.717, 1.165) is 22.4 Å². The molecule has 1 N–H and O–H groups in total. The van der Waals surface area contributed by atoms with Crippen LogP contribution in [0.15, 0.2) is 66.7 Å². The maximum Gasteiger partial charge on any atom is 0.303 e. The Hall–Kier alpha value is -3.06. The van der Waals surface area contributed by atoms with Gasteiger partial charge in [0.2, 0.25) is 5.91 Å². The van der Waals surface area contributed by atoms with Crippen LogP contribution in [-0.2, 0) is 32.7 Å². The van der Waals surface area contributed by atoms with Crippen molar-refractivity contribution in [3.05, 3.63) is 99.0 Å². The van der Waals surface area contributed by atoms with E-state index in [0.29, 0.717) is 42.4 Å². The van der Waals surface area contributed by atoms with Crippen LogP contribution < -0.4 is 4.74 Å². The first-order valence-corrected chi connectivity index (χ1v) is 16.5. The number of aliphatic carboxylic acids is 1. The Morgan fingerprint density at radius 1 is 0.978 bits per heavy atom. The topological polar surface area (TPSA) is 76.1 Å². The molecule has 8 heteroatoms. The van der Waals surface area contributed by atoms with Crippen LogP contribution >= 0.6 is 23.2 Å². The number of carboxylic acid groups (broad SMARTS) is 1. The fourth-order valence-electron chi connectivity index (χ4n) is 6.63. The van der Waals surface area contributed by atoms with Crippen LogP contribution in [0.1, 0.15) is 82.2 Å². The maximum atomic E-state index is 14.6. The number of halogens is 2. The summed E-state index contributed by atoms with van der Waals surface area (Å²) < 4.78 is 13.7. The van der Waals surface area contributed by atoms with Gasteiger partial charge in [0, 0.05) is 41.0 Å². The van der Waals surface area contributed by atoms with Gasteiger partial charge in [0.15, 0.2) is 0 Å². The van der Waals surface area contributed by atoms with Crippen LogP contribution in [0, 0.1) is 11.8 Å². The molecule has 0 radical (unpaired) electrons. The second kappa shape index (κ2) is 13.4. The third kappa shape index (κ3) is 7.85. The lowest BCUT2D eigenvalue weighted by molar-refractivity contribution is -0.184. The van der Waals surface area contributed by atoms with Gasteiger partial charge in [0.05, 0.1) is 18.1 Å². The van der Waals surface area contributed by atoms with Crippen LogP contribution in [0.25, 0.3) is 0 Å². The fourth-order valence-corrected chi connectivity index (χ4v) is 6.97. The summed E-state index contributed by atoms with van der Waals surface area (Å²) in [6, 6.07) is 21.5. The maximum absolute atomic E-state index is 14.6. The molecule has 0 unspecified atom stereocenters. The molecule has 0 saturated carbocycles. The van der Waals surface area contributed by atoms with Crippen molar-refractivity contribution < 1.29 is 24.2 Å². The molecule has 3 aromatic carbocycles. The normalized spacial score (nSPS) is 22.1. The van der Waals surface area contributed by atoms with Gasteiger partial charge in [-0.1, -0.05) is 80.4 Å². The molecular formula is C37H43Cl2NO5. The summed E-state index contributed by atoms with van der Waals surface area (Å²) in [7, 11) is 0. The minimum atomic E-state index is -0.883. The van der Waals surface area contributed by atoms with Gasteiger partial charge in [-0.15, -0.1) is 0 Å². The zero-order valence-corrected chi connectivity index (χ0v) is 28.2. The average molecular weight is 653 g/mol. The lowest BCUT2D eigenvalue weighted by atomic mass is 9.70. The molecule has 0 bridgehead atoms. The minimum Gasteiger partial charge on any atom is -0.487 e. The van der Waals surface area contributed by atoms with E-state index in [9.17, 15) is 14.7 Å². The van der Waals surface area contributed by atoms with E-state index in [1.54, 1.807) is 17.0 Å². The average Bonchev–Trinajstić information content (AvgIpc) is 2.96. The first-order valence-electron chi connectivity index (χ1n) is 15.7. The van der Waals surface area contributed by atoms with Gasteiger partial charge in [-0.25, -0.2) is 0 Å². The molecule has 3 aromatic rings. The quantitative estimate of drug-likeness (QED) is 0.251. The zero-order valence-electron chi connectivity index (χ0n) is 26.7. The minimum absolute atomic E-state index is 0.0174. The number of carboxylic acids is 1. The molecule has 4 atom stereocenters. The third-order valence-electron chi connectivity index (χ3n) is 9.16. The summed E-state index contributed by atoms with van der Waals surface area (Å²) in [5.74, 6) is -0.651. The Morgan fingerprint density at radius 2 is 1.71 bits per heavy atom. The second-order valence-electron chi connectivity index (χ2n) is 14.0. The number of rotatable bonds is 9. The van der Waals surface area contributed by atoms with E-state index in [1.807, 2.05) is 36.4 Å². The van der Waals surface area contributed by atoms with Gasteiger partial charge in [0.1, 0.15) is 11.4 Å². The van der Waals surface area contributed by atoms with E-state index >= 15 is 0 Å².